The number of amides is 1. The van der Waals surface area contributed by atoms with Crippen molar-refractivity contribution in [3.05, 3.63) is 76.2 Å². The molecule has 2 aromatic heterocycles. The van der Waals surface area contributed by atoms with E-state index < -0.39 is 10.0 Å². The molecule has 0 saturated carbocycles. The van der Waals surface area contributed by atoms with Crippen molar-refractivity contribution in [1.29, 1.82) is 0 Å². The molecule has 0 atom stereocenters. The van der Waals surface area contributed by atoms with Crippen molar-refractivity contribution < 1.29 is 13.2 Å². The van der Waals surface area contributed by atoms with Crippen LogP contribution in [0.2, 0.25) is 0 Å². The van der Waals surface area contributed by atoms with Crippen molar-refractivity contribution in [2.75, 3.05) is 4.72 Å². The molecule has 134 valence electrons. The van der Waals surface area contributed by atoms with Gasteiger partial charge in [0.2, 0.25) is 0 Å². The minimum absolute atomic E-state index is 0.144. The number of benzene rings is 1. The van der Waals surface area contributed by atoms with Gasteiger partial charge in [-0.2, -0.15) is 0 Å². The lowest BCUT2D eigenvalue weighted by Crippen LogP contribution is -2.23. The highest BCUT2D eigenvalue weighted by Gasteiger charge is 2.15. The number of hydrogen-bond donors (Lipinski definition) is 2. The Hall–Kier alpha value is -2.71. The number of thiophene rings is 1. The van der Waals surface area contributed by atoms with Gasteiger partial charge in [0.25, 0.3) is 15.9 Å². The van der Waals surface area contributed by atoms with Crippen molar-refractivity contribution in [3.8, 4) is 0 Å². The third kappa shape index (κ3) is 4.47. The van der Waals surface area contributed by atoms with E-state index in [1.54, 1.807) is 23.5 Å². The summed E-state index contributed by atoms with van der Waals surface area (Å²) in [7, 11) is -3.73. The molecule has 0 spiro atoms. The van der Waals surface area contributed by atoms with Crippen LogP contribution in [0.3, 0.4) is 0 Å². The minimum Gasteiger partial charge on any atom is -0.346 e. The fourth-order valence-electron chi connectivity index (χ4n) is 2.22. The van der Waals surface area contributed by atoms with E-state index in [0.29, 0.717) is 6.54 Å². The minimum atomic E-state index is -3.73. The van der Waals surface area contributed by atoms with Crippen LogP contribution in [0.15, 0.2) is 65.0 Å². The Balaban J connectivity index is 1.72. The molecule has 0 fully saturated rings. The number of carbonyl (C=O) groups is 1. The summed E-state index contributed by atoms with van der Waals surface area (Å²) in [6.45, 7) is 2.28. The Kier molecular flexibility index (Phi) is 5.34. The molecule has 3 rings (SSSR count). The van der Waals surface area contributed by atoms with Crippen molar-refractivity contribution in [1.82, 2.24) is 10.3 Å². The molecular formula is C18H17N3O3S2. The van der Waals surface area contributed by atoms with Crippen molar-refractivity contribution in [3.63, 3.8) is 0 Å². The lowest BCUT2D eigenvalue weighted by molar-refractivity contribution is 0.0946. The van der Waals surface area contributed by atoms with Crippen LogP contribution >= 0.6 is 11.3 Å². The molecule has 0 unspecified atom stereocenters. The number of hydrogen-bond acceptors (Lipinski definition) is 5. The lowest BCUT2D eigenvalue weighted by atomic mass is 10.2. The third-order valence-corrected chi connectivity index (χ3v) is 5.85. The Morgan fingerprint density at radius 1 is 1.15 bits per heavy atom. The van der Waals surface area contributed by atoms with E-state index in [-0.39, 0.29) is 22.2 Å². The average Bonchev–Trinajstić information content (AvgIpc) is 3.13. The quantitative estimate of drug-likeness (QED) is 0.680. The van der Waals surface area contributed by atoms with Crippen LogP contribution in [0.25, 0.3) is 0 Å². The molecule has 1 amide bonds. The number of aromatic nitrogens is 1. The zero-order valence-corrected chi connectivity index (χ0v) is 15.6. The summed E-state index contributed by atoms with van der Waals surface area (Å²) in [4.78, 5) is 17.4. The molecular weight excluding hydrogens is 370 g/mol. The molecule has 8 heteroatoms. The number of nitrogens with one attached hydrogen (secondary N) is 2. The van der Waals surface area contributed by atoms with Gasteiger partial charge in [-0.05, 0) is 42.6 Å². The molecule has 1 aromatic carbocycles. The SMILES string of the molecule is Cc1ccc(S(=O)(=O)Nc2ccnc(C(=O)NCc3cccs3)c2)cc1. The number of rotatable bonds is 6. The summed E-state index contributed by atoms with van der Waals surface area (Å²) in [5.74, 6) is -0.366. The van der Waals surface area contributed by atoms with E-state index in [4.69, 9.17) is 0 Å². The van der Waals surface area contributed by atoms with Gasteiger partial charge in [-0.25, -0.2) is 8.42 Å². The topological polar surface area (TPSA) is 88.2 Å². The predicted octanol–water partition coefficient (Wildman–Crippen LogP) is 3.18. The summed E-state index contributed by atoms with van der Waals surface area (Å²) in [6, 6.07) is 13.3. The van der Waals surface area contributed by atoms with Crippen LogP contribution in [0, 0.1) is 6.92 Å². The Morgan fingerprint density at radius 2 is 1.92 bits per heavy atom. The number of aryl methyl sites for hydroxylation is 1. The third-order valence-electron chi connectivity index (χ3n) is 3.58. The number of nitrogens with zero attached hydrogens (tertiary/aromatic N) is 1. The summed E-state index contributed by atoms with van der Waals surface area (Å²) < 4.78 is 27.4. The zero-order chi connectivity index (χ0) is 18.6. The summed E-state index contributed by atoms with van der Waals surface area (Å²) in [5, 5.41) is 4.69. The average molecular weight is 387 g/mol. The molecule has 6 nitrogen and oxygen atoms in total. The maximum atomic E-state index is 12.4. The van der Waals surface area contributed by atoms with Gasteiger partial charge in [0.05, 0.1) is 17.1 Å². The normalized spacial score (nSPS) is 11.1. The summed E-state index contributed by atoms with van der Waals surface area (Å²) in [6.07, 6.45) is 1.40. The van der Waals surface area contributed by atoms with E-state index in [1.807, 2.05) is 24.4 Å². The highest BCUT2D eigenvalue weighted by atomic mass is 32.2. The van der Waals surface area contributed by atoms with Crippen LogP contribution in [0.1, 0.15) is 20.9 Å². The number of anilines is 1. The number of carbonyl (C=O) groups excluding carboxylic acids is 1. The standard InChI is InChI=1S/C18H17N3O3S2/c1-13-4-6-16(7-5-13)26(23,24)21-14-8-9-19-17(11-14)18(22)20-12-15-3-2-10-25-15/h2-11H,12H2,1H3,(H,19,21)(H,20,22). The van der Waals surface area contributed by atoms with Gasteiger partial charge in [-0.15, -0.1) is 11.3 Å². The lowest BCUT2D eigenvalue weighted by Gasteiger charge is -2.09. The number of sulfonamides is 1. The molecule has 0 aliphatic heterocycles. The van der Waals surface area contributed by atoms with Crippen molar-refractivity contribution >= 4 is 33.0 Å². The van der Waals surface area contributed by atoms with E-state index in [0.717, 1.165) is 10.4 Å². The number of pyridine rings is 1. The smallest absolute Gasteiger partial charge is 0.270 e. The van der Waals surface area contributed by atoms with E-state index in [9.17, 15) is 13.2 Å². The molecule has 3 aromatic rings. The first-order valence-corrected chi connectivity index (χ1v) is 10.2. The van der Waals surface area contributed by atoms with Gasteiger partial charge in [0.15, 0.2) is 0 Å². The second-order valence-corrected chi connectivity index (χ2v) is 8.32. The van der Waals surface area contributed by atoms with E-state index in [2.05, 4.69) is 15.0 Å². The van der Waals surface area contributed by atoms with E-state index >= 15 is 0 Å². The van der Waals surface area contributed by atoms with Crippen LogP contribution in [-0.2, 0) is 16.6 Å². The first-order chi connectivity index (χ1) is 12.4. The van der Waals surface area contributed by atoms with Gasteiger partial charge in [-0.1, -0.05) is 23.8 Å². The Morgan fingerprint density at radius 3 is 2.62 bits per heavy atom. The molecule has 0 saturated heterocycles. The summed E-state index contributed by atoms with van der Waals surface area (Å²) in [5.41, 5.74) is 1.39. The van der Waals surface area contributed by atoms with Crippen LogP contribution in [-0.4, -0.2) is 19.3 Å². The largest absolute Gasteiger partial charge is 0.346 e. The maximum absolute atomic E-state index is 12.4. The fourth-order valence-corrected chi connectivity index (χ4v) is 3.91. The second kappa shape index (κ2) is 7.67. The Bertz CT molecular complexity index is 998. The zero-order valence-electron chi connectivity index (χ0n) is 14.0. The molecule has 0 radical (unpaired) electrons. The first-order valence-electron chi connectivity index (χ1n) is 7.80. The first kappa shape index (κ1) is 18.1. The summed E-state index contributed by atoms with van der Waals surface area (Å²) >= 11 is 1.54. The highest BCUT2D eigenvalue weighted by molar-refractivity contribution is 7.92. The van der Waals surface area contributed by atoms with E-state index in [1.165, 1.54) is 30.5 Å². The van der Waals surface area contributed by atoms with Crippen molar-refractivity contribution in [2.45, 2.75) is 18.4 Å². The van der Waals surface area contributed by atoms with Gasteiger partial charge in [-0.3, -0.25) is 14.5 Å². The Labute approximate surface area is 156 Å². The predicted molar refractivity (Wildman–Crippen MR) is 102 cm³/mol. The maximum Gasteiger partial charge on any atom is 0.270 e. The van der Waals surface area contributed by atoms with Gasteiger partial charge >= 0.3 is 0 Å². The molecule has 0 aliphatic rings. The molecule has 0 bridgehead atoms. The molecule has 0 aliphatic carbocycles. The van der Waals surface area contributed by atoms with Crippen LogP contribution < -0.4 is 10.0 Å². The molecule has 2 N–H and O–H groups in total. The van der Waals surface area contributed by atoms with Crippen LogP contribution in [0.4, 0.5) is 5.69 Å². The van der Waals surface area contributed by atoms with Gasteiger partial charge in [0.1, 0.15) is 5.69 Å². The van der Waals surface area contributed by atoms with Gasteiger partial charge < -0.3 is 5.32 Å². The monoisotopic (exact) mass is 387 g/mol. The second-order valence-electron chi connectivity index (χ2n) is 5.61. The highest BCUT2D eigenvalue weighted by Crippen LogP contribution is 2.17. The van der Waals surface area contributed by atoms with Crippen molar-refractivity contribution in [2.24, 2.45) is 0 Å². The van der Waals surface area contributed by atoms with Crippen LogP contribution in [0.5, 0.6) is 0 Å². The molecule has 2 heterocycles. The van der Waals surface area contributed by atoms with Gasteiger partial charge in [0, 0.05) is 11.1 Å². The molecule has 26 heavy (non-hydrogen) atoms. The fraction of sp³-hybridized carbons (Fsp3) is 0.111.